The molecule has 0 aliphatic carbocycles. The number of rotatable bonds is 1. The fourth-order valence-corrected chi connectivity index (χ4v) is 2.50. The van der Waals surface area contributed by atoms with Crippen LogP contribution in [0.15, 0.2) is 48.5 Å². The fraction of sp³-hybridized carbons (Fsp3) is 0.188. The molecule has 0 saturated heterocycles. The Hall–Kier alpha value is -1.84. The van der Waals surface area contributed by atoms with E-state index in [-0.39, 0.29) is 18.7 Å². The number of hydrogen-bond donors (Lipinski definition) is 0. The summed E-state index contributed by atoms with van der Waals surface area (Å²) in [5.74, 6) is -0.0166. The quantitative estimate of drug-likeness (QED) is 0.803. The molecule has 0 aromatic heterocycles. The topological polar surface area (TPSA) is 29.5 Å². The van der Waals surface area contributed by atoms with Crippen LogP contribution < -0.4 is 0 Å². The molecule has 0 saturated carbocycles. The SMILES string of the molecule is CN1CO[C@H](c2ccc(Cl)cc2)c2ccccc2C1=O. The maximum atomic E-state index is 12.3. The molecular weight excluding hydrogens is 274 g/mol. The summed E-state index contributed by atoms with van der Waals surface area (Å²) in [7, 11) is 1.74. The molecule has 1 aliphatic rings. The van der Waals surface area contributed by atoms with E-state index in [1.165, 1.54) is 0 Å². The number of nitrogens with zero attached hydrogens (tertiary/aromatic N) is 1. The van der Waals surface area contributed by atoms with Crippen molar-refractivity contribution < 1.29 is 9.53 Å². The van der Waals surface area contributed by atoms with Gasteiger partial charge in [-0.15, -0.1) is 0 Å². The fourth-order valence-electron chi connectivity index (χ4n) is 2.37. The van der Waals surface area contributed by atoms with Crippen molar-refractivity contribution in [1.29, 1.82) is 0 Å². The molecule has 1 amide bonds. The molecule has 1 aliphatic heterocycles. The first-order valence-corrected chi connectivity index (χ1v) is 6.76. The van der Waals surface area contributed by atoms with Crippen LogP contribution in [0.25, 0.3) is 0 Å². The number of amides is 1. The average Bonchev–Trinajstić information content (AvgIpc) is 2.60. The molecule has 3 nitrogen and oxygen atoms in total. The molecule has 0 fully saturated rings. The van der Waals surface area contributed by atoms with Gasteiger partial charge in [0, 0.05) is 17.6 Å². The average molecular weight is 288 g/mol. The summed E-state index contributed by atoms with van der Waals surface area (Å²) in [5, 5.41) is 0.684. The zero-order valence-electron chi connectivity index (χ0n) is 11.0. The first-order chi connectivity index (χ1) is 9.66. The van der Waals surface area contributed by atoms with Crippen LogP contribution >= 0.6 is 11.6 Å². The highest BCUT2D eigenvalue weighted by Crippen LogP contribution is 2.32. The van der Waals surface area contributed by atoms with Crippen LogP contribution in [0.4, 0.5) is 0 Å². The number of ether oxygens (including phenoxy) is 1. The van der Waals surface area contributed by atoms with Crippen LogP contribution in [-0.4, -0.2) is 24.6 Å². The first-order valence-electron chi connectivity index (χ1n) is 6.38. The molecule has 1 heterocycles. The molecule has 0 unspecified atom stereocenters. The number of carbonyl (C=O) groups is 1. The largest absolute Gasteiger partial charge is 0.348 e. The summed E-state index contributed by atoms with van der Waals surface area (Å²) in [6.07, 6.45) is -0.252. The molecule has 0 spiro atoms. The van der Waals surface area contributed by atoms with Crippen LogP contribution in [0.5, 0.6) is 0 Å². The molecule has 102 valence electrons. The monoisotopic (exact) mass is 287 g/mol. The van der Waals surface area contributed by atoms with Gasteiger partial charge >= 0.3 is 0 Å². The van der Waals surface area contributed by atoms with Crippen molar-refractivity contribution in [2.24, 2.45) is 0 Å². The van der Waals surface area contributed by atoms with Crippen LogP contribution in [-0.2, 0) is 4.74 Å². The Morgan fingerprint density at radius 3 is 2.60 bits per heavy atom. The molecule has 0 N–H and O–H groups in total. The van der Waals surface area contributed by atoms with Gasteiger partial charge in [-0.05, 0) is 29.3 Å². The zero-order valence-corrected chi connectivity index (χ0v) is 11.8. The van der Waals surface area contributed by atoms with Crippen molar-refractivity contribution in [3.05, 3.63) is 70.2 Å². The smallest absolute Gasteiger partial charge is 0.255 e. The van der Waals surface area contributed by atoms with Gasteiger partial charge in [0.2, 0.25) is 0 Å². The second-order valence-electron chi connectivity index (χ2n) is 4.82. The van der Waals surface area contributed by atoms with E-state index in [0.717, 1.165) is 11.1 Å². The van der Waals surface area contributed by atoms with Gasteiger partial charge in [0.05, 0.1) is 0 Å². The van der Waals surface area contributed by atoms with E-state index in [1.807, 2.05) is 48.5 Å². The summed E-state index contributed by atoms with van der Waals surface area (Å²) in [6.45, 7) is 0.265. The number of hydrogen-bond acceptors (Lipinski definition) is 2. The van der Waals surface area contributed by atoms with E-state index in [1.54, 1.807) is 11.9 Å². The van der Waals surface area contributed by atoms with Crippen LogP contribution in [0.2, 0.25) is 5.02 Å². The first kappa shape index (κ1) is 13.2. The van der Waals surface area contributed by atoms with Gasteiger partial charge in [-0.2, -0.15) is 0 Å². The predicted octanol–water partition coefficient (Wildman–Crippen LogP) is 3.49. The Labute approximate surface area is 122 Å². The molecule has 3 rings (SSSR count). The van der Waals surface area contributed by atoms with E-state index in [9.17, 15) is 4.79 Å². The van der Waals surface area contributed by atoms with Gasteiger partial charge in [0.25, 0.3) is 5.91 Å². The van der Waals surface area contributed by atoms with E-state index >= 15 is 0 Å². The number of fused-ring (bicyclic) bond motifs is 1. The maximum absolute atomic E-state index is 12.3. The zero-order chi connectivity index (χ0) is 14.1. The Kier molecular flexibility index (Phi) is 3.47. The summed E-state index contributed by atoms with van der Waals surface area (Å²) in [6, 6.07) is 15.1. The maximum Gasteiger partial charge on any atom is 0.255 e. The van der Waals surface area contributed by atoms with E-state index < -0.39 is 0 Å². The lowest BCUT2D eigenvalue weighted by Crippen LogP contribution is -2.27. The Morgan fingerprint density at radius 2 is 1.85 bits per heavy atom. The molecule has 0 bridgehead atoms. The lowest BCUT2D eigenvalue weighted by molar-refractivity contribution is 0.0147. The van der Waals surface area contributed by atoms with E-state index in [4.69, 9.17) is 16.3 Å². The number of carbonyl (C=O) groups excluding carboxylic acids is 1. The van der Waals surface area contributed by atoms with E-state index in [2.05, 4.69) is 0 Å². The molecule has 1 atom stereocenters. The summed E-state index contributed by atoms with van der Waals surface area (Å²) < 4.78 is 5.90. The standard InChI is InChI=1S/C16H14ClNO2/c1-18-10-20-15(11-6-8-12(17)9-7-11)13-4-2-3-5-14(13)16(18)19/h2-9,15H,10H2,1H3/t15-/m1/s1. The van der Waals surface area contributed by atoms with Crippen molar-refractivity contribution in [3.63, 3.8) is 0 Å². The minimum absolute atomic E-state index is 0.0166. The van der Waals surface area contributed by atoms with Crippen molar-refractivity contribution >= 4 is 17.5 Å². The highest BCUT2D eigenvalue weighted by molar-refractivity contribution is 6.30. The van der Waals surface area contributed by atoms with Crippen LogP contribution in [0, 0.1) is 0 Å². The molecule has 2 aromatic rings. The van der Waals surface area contributed by atoms with Gasteiger partial charge in [0.15, 0.2) is 0 Å². The second kappa shape index (κ2) is 5.27. The molecular formula is C16H14ClNO2. The third kappa shape index (κ3) is 2.30. The lowest BCUT2D eigenvalue weighted by Gasteiger charge is -2.18. The van der Waals surface area contributed by atoms with Crippen molar-refractivity contribution in [3.8, 4) is 0 Å². The minimum Gasteiger partial charge on any atom is -0.348 e. The predicted molar refractivity (Wildman–Crippen MR) is 77.8 cm³/mol. The third-order valence-corrected chi connectivity index (χ3v) is 3.68. The summed E-state index contributed by atoms with van der Waals surface area (Å²) in [5.41, 5.74) is 2.57. The van der Waals surface area contributed by atoms with Crippen molar-refractivity contribution in [1.82, 2.24) is 4.90 Å². The highest BCUT2D eigenvalue weighted by Gasteiger charge is 2.27. The highest BCUT2D eigenvalue weighted by atomic mass is 35.5. The molecule has 4 heteroatoms. The van der Waals surface area contributed by atoms with Gasteiger partial charge < -0.3 is 9.64 Å². The lowest BCUT2D eigenvalue weighted by atomic mass is 9.96. The van der Waals surface area contributed by atoms with Gasteiger partial charge in [-0.1, -0.05) is 41.9 Å². The number of halogens is 1. The van der Waals surface area contributed by atoms with Gasteiger partial charge in [0.1, 0.15) is 12.8 Å². The normalized spacial score (nSPS) is 18.6. The van der Waals surface area contributed by atoms with Gasteiger partial charge in [-0.25, -0.2) is 0 Å². The molecule has 0 radical (unpaired) electrons. The van der Waals surface area contributed by atoms with Crippen molar-refractivity contribution in [2.75, 3.05) is 13.8 Å². The second-order valence-corrected chi connectivity index (χ2v) is 5.25. The minimum atomic E-state index is -0.252. The summed E-state index contributed by atoms with van der Waals surface area (Å²) >= 11 is 5.93. The Bertz CT molecular complexity index is 639. The van der Waals surface area contributed by atoms with Gasteiger partial charge in [-0.3, -0.25) is 4.79 Å². The summed E-state index contributed by atoms with van der Waals surface area (Å²) in [4.78, 5) is 13.9. The van der Waals surface area contributed by atoms with E-state index in [0.29, 0.717) is 10.6 Å². The van der Waals surface area contributed by atoms with Crippen molar-refractivity contribution in [2.45, 2.75) is 6.10 Å². The number of benzene rings is 2. The van der Waals surface area contributed by atoms with Crippen LogP contribution in [0.3, 0.4) is 0 Å². The Morgan fingerprint density at radius 1 is 1.15 bits per heavy atom. The molecule has 2 aromatic carbocycles. The van der Waals surface area contributed by atoms with Crippen LogP contribution in [0.1, 0.15) is 27.6 Å². The molecule has 20 heavy (non-hydrogen) atoms. The third-order valence-electron chi connectivity index (χ3n) is 3.43. The Balaban J connectivity index is 2.10.